The van der Waals surface area contributed by atoms with E-state index in [1.165, 1.54) is 39.0 Å². The van der Waals surface area contributed by atoms with E-state index in [9.17, 15) is 0 Å². The number of allylic oxidation sites excluding steroid dienone is 4. The van der Waals surface area contributed by atoms with Crippen molar-refractivity contribution < 1.29 is 46.3 Å². The summed E-state index contributed by atoms with van der Waals surface area (Å²) in [7, 11) is 0. The molecular weight excluding hydrogens is 790 g/mol. The van der Waals surface area contributed by atoms with Gasteiger partial charge >= 0.3 is 289 Å². The minimum atomic E-state index is -3.05. The molecule has 1 unspecified atom stereocenters. The van der Waals surface area contributed by atoms with Gasteiger partial charge in [0.2, 0.25) is 0 Å². The van der Waals surface area contributed by atoms with Gasteiger partial charge in [-0.25, -0.2) is 0 Å². The second kappa shape index (κ2) is 14.6. The van der Waals surface area contributed by atoms with Gasteiger partial charge in [-0.1, -0.05) is 0 Å². The first-order valence-electron chi connectivity index (χ1n) is 17.4. The molecule has 6 rings (SSSR count). The van der Waals surface area contributed by atoms with Crippen molar-refractivity contribution in [2.24, 2.45) is 5.41 Å². The van der Waals surface area contributed by atoms with Crippen LogP contribution < -0.4 is 28.1 Å². The molecule has 48 heavy (non-hydrogen) atoms. The molecule has 2 aliphatic carbocycles. The molecule has 4 aromatic carbocycles. The summed E-state index contributed by atoms with van der Waals surface area (Å²) in [4.78, 5) is 0. The summed E-state index contributed by atoms with van der Waals surface area (Å²) in [5.74, 6) is 0. The predicted octanol–water partition coefficient (Wildman–Crippen LogP) is 6.00. The first-order chi connectivity index (χ1) is 21.7. The van der Waals surface area contributed by atoms with Crippen LogP contribution in [0.4, 0.5) is 0 Å². The van der Waals surface area contributed by atoms with Crippen LogP contribution in [0.15, 0.2) is 114 Å². The van der Waals surface area contributed by atoms with Crippen LogP contribution in [-0.2, 0) is 38.7 Å². The van der Waals surface area contributed by atoms with Crippen molar-refractivity contribution in [2.45, 2.75) is 100 Å². The molecule has 1 atom stereocenters. The van der Waals surface area contributed by atoms with E-state index in [2.05, 4.69) is 172 Å². The Morgan fingerprint density at radius 3 is 1.73 bits per heavy atom. The third-order valence-electron chi connectivity index (χ3n) is 10.3. The van der Waals surface area contributed by atoms with E-state index < -0.39 is 21.4 Å². The fourth-order valence-electron chi connectivity index (χ4n) is 7.72. The normalized spacial score (nSPS) is 15.6. The second-order valence-electron chi connectivity index (χ2n) is 16.7. The van der Waals surface area contributed by atoms with Crippen LogP contribution in [0, 0.1) is 5.41 Å². The molecule has 251 valence electrons. The fourth-order valence-corrected chi connectivity index (χ4v) is 23.7. The van der Waals surface area contributed by atoms with Gasteiger partial charge in [-0.15, -0.1) is 0 Å². The summed E-state index contributed by atoms with van der Waals surface area (Å²) in [6.07, 6.45) is 7.52. The number of fused-ring (bicyclic) bond motifs is 3. The van der Waals surface area contributed by atoms with Crippen molar-refractivity contribution in [1.29, 1.82) is 0 Å². The van der Waals surface area contributed by atoms with Gasteiger partial charge in [0, 0.05) is 0 Å². The molecule has 0 fully saturated rings. The van der Waals surface area contributed by atoms with Gasteiger partial charge in [0.05, 0.1) is 0 Å². The monoisotopic (exact) mass is 843 g/mol. The Morgan fingerprint density at radius 2 is 1.23 bits per heavy atom. The van der Waals surface area contributed by atoms with Gasteiger partial charge in [-0.05, 0) is 0 Å². The van der Waals surface area contributed by atoms with Crippen LogP contribution in [0.25, 0.3) is 11.1 Å². The Hall–Kier alpha value is -2.19. The minimum absolute atomic E-state index is 0. The van der Waals surface area contributed by atoms with E-state index in [4.69, 9.17) is 0 Å². The standard InChI is InChI=1S/C21H25.C13H11.C11H17.2ClH.Hf/c1-20(2,3)16-7-9-18-14(12-16)11-15-13-17(21(4,5)6)8-10-19(15)18;1-3-7-12(8-4-1)11-13-9-5-2-6-10-13;1-5-9-6-7-10(8-9)11(2,3)4;;;/h7-10,12H,11H2,1-6H3;1-11H;6-8H,5H2,1-4H3;2*1H;/q;;;;;+2/p-2. The smallest absolute Gasteiger partial charge is 1.00 e. The molecule has 0 saturated carbocycles. The average Bonchev–Trinajstić information content (AvgIpc) is 3.61. The van der Waals surface area contributed by atoms with E-state index in [-0.39, 0.29) is 41.1 Å². The van der Waals surface area contributed by atoms with Gasteiger partial charge < -0.3 is 24.8 Å². The molecule has 0 bridgehead atoms. The van der Waals surface area contributed by atoms with E-state index in [0.717, 1.165) is 12.8 Å². The Morgan fingerprint density at radius 1 is 0.667 bits per heavy atom. The third-order valence-corrected chi connectivity index (χ3v) is 23.4. The second-order valence-corrected chi connectivity index (χ2v) is 26.1. The SMILES string of the molecule is CCC1=CC(C(C)(C)C)=C[CH]1[Hf+2]([c]1c(C(C)(C)C)ccc2c1Cc1cc(C(C)(C)C)ccc1-2)[CH](c1ccccc1)c1ccccc1.[Cl-].[Cl-]. The third kappa shape index (κ3) is 7.45. The van der Waals surface area contributed by atoms with E-state index in [0.29, 0.717) is 7.35 Å². The molecular formula is C45H53Cl2Hf. The summed E-state index contributed by atoms with van der Waals surface area (Å²) in [6.45, 7) is 23.9. The zero-order chi connectivity index (χ0) is 33.0. The Labute approximate surface area is 311 Å². The van der Waals surface area contributed by atoms with Crippen molar-refractivity contribution in [2.75, 3.05) is 0 Å². The van der Waals surface area contributed by atoms with Crippen molar-refractivity contribution >= 4 is 3.32 Å². The maximum Gasteiger partial charge on any atom is -1.00 e. The topological polar surface area (TPSA) is 0 Å². The van der Waals surface area contributed by atoms with Crippen LogP contribution in [0.3, 0.4) is 0 Å². The Kier molecular flexibility index (Phi) is 11.7. The summed E-state index contributed by atoms with van der Waals surface area (Å²) in [6, 6.07) is 35.5. The number of rotatable bonds is 6. The summed E-state index contributed by atoms with van der Waals surface area (Å²) >= 11 is -3.05. The first kappa shape index (κ1) is 38.6. The van der Waals surface area contributed by atoms with Gasteiger partial charge in [-0.2, -0.15) is 0 Å². The molecule has 0 aromatic heterocycles. The van der Waals surface area contributed by atoms with Crippen LogP contribution >= 0.6 is 0 Å². The van der Waals surface area contributed by atoms with Crippen molar-refractivity contribution in [3.63, 3.8) is 0 Å². The maximum atomic E-state index is 2.76. The number of benzene rings is 4. The maximum absolute atomic E-state index is 3.05. The molecule has 0 saturated heterocycles. The molecule has 0 N–H and O–H groups in total. The van der Waals surface area contributed by atoms with E-state index in [1.807, 2.05) is 0 Å². The number of hydrogen-bond donors (Lipinski definition) is 0. The Balaban J connectivity index is 0.00000260. The quantitative estimate of drug-likeness (QED) is 0.184. The van der Waals surface area contributed by atoms with Gasteiger partial charge in [0.1, 0.15) is 0 Å². The van der Waals surface area contributed by atoms with E-state index in [1.54, 1.807) is 20.0 Å². The fraction of sp³-hybridized carbons (Fsp3) is 0.378. The van der Waals surface area contributed by atoms with Crippen LogP contribution in [-0.4, -0.2) is 0 Å². The summed E-state index contributed by atoms with van der Waals surface area (Å²) < 4.78 is 2.73. The zero-order valence-corrected chi connectivity index (χ0v) is 35.7. The molecule has 0 radical (unpaired) electrons. The van der Waals surface area contributed by atoms with Crippen LogP contribution in [0.5, 0.6) is 0 Å². The largest absolute Gasteiger partial charge is 1.00 e. The summed E-state index contributed by atoms with van der Waals surface area (Å²) in [5, 5.41) is 0. The molecule has 0 spiro atoms. The average molecular weight is 843 g/mol. The number of halogens is 2. The van der Waals surface area contributed by atoms with Crippen LogP contribution in [0.1, 0.15) is 113 Å². The predicted molar refractivity (Wildman–Crippen MR) is 196 cm³/mol. The Bertz CT molecular complexity index is 1750. The molecule has 4 aromatic rings. The molecule has 0 heterocycles. The minimum Gasteiger partial charge on any atom is -1.00 e. The van der Waals surface area contributed by atoms with Gasteiger partial charge in [0.25, 0.3) is 0 Å². The molecule has 0 nitrogen and oxygen atoms in total. The summed E-state index contributed by atoms with van der Waals surface area (Å²) in [5.41, 5.74) is 15.6. The molecule has 3 heteroatoms. The van der Waals surface area contributed by atoms with Crippen molar-refractivity contribution in [1.82, 2.24) is 0 Å². The van der Waals surface area contributed by atoms with E-state index >= 15 is 0 Å². The van der Waals surface area contributed by atoms with Gasteiger partial charge in [-0.3, -0.25) is 0 Å². The zero-order valence-electron chi connectivity index (χ0n) is 30.6. The van der Waals surface area contributed by atoms with Crippen molar-refractivity contribution in [3.8, 4) is 11.1 Å². The first-order valence-corrected chi connectivity index (χ1v) is 23.3. The molecule has 0 amide bonds. The van der Waals surface area contributed by atoms with Crippen LogP contribution in [0.2, 0.25) is 3.67 Å². The number of hydrogen-bond acceptors (Lipinski definition) is 0. The van der Waals surface area contributed by atoms with Crippen molar-refractivity contribution in [3.05, 3.63) is 148 Å². The molecule has 0 aliphatic heterocycles. The van der Waals surface area contributed by atoms with Gasteiger partial charge in [0.15, 0.2) is 0 Å². The molecule has 2 aliphatic rings.